The zero-order chi connectivity index (χ0) is 26.4. The summed E-state index contributed by atoms with van der Waals surface area (Å²) >= 11 is 0. The van der Waals surface area contributed by atoms with Crippen molar-refractivity contribution in [1.82, 2.24) is 5.32 Å². The number of anilines is 1. The SMILES string of the molecule is CCCc1ccc(OCCNC(=O)[C@H]2CN(S(=O)(=O)c3ccc(OC)cc3)c3cc(C)ccc3O2)cc1. The van der Waals surface area contributed by atoms with Gasteiger partial charge in [0.25, 0.3) is 15.9 Å². The number of carbonyl (C=O) groups is 1. The Morgan fingerprint density at radius 2 is 1.76 bits per heavy atom. The van der Waals surface area contributed by atoms with E-state index in [9.17, 15) is 13.2 Å². The monoisotopic (exact) mass is 524 g/mol. The third kappa shape index (κ3) is 6.17. The van der Waals surface area contributed by atoms with Crippen molar-refractivity contribution in [3.8, 4) is 17.2 Å². The van der Waals surface area contributed by atoms with Gasteiger partial charge in [-0.3, -0.25) is 9.10 Å². The maximum absolute atomic E-state index is 13.6. The predicted molar refractivity (Wildman–Crippen MR) is 142 cm³/mol. The molecule has 0 saturated heterocycles. The number of amides is 1. The average Bonchev–Trinajstić information content (AvgIpc) is 2.91. The maximum Gasteiger partial charge on any atom is 0.264 e. The number of fused-ring (bicyclic) bond motifs is 1. The third-order valence-corrected chi connectivity index (χ3v) is 7.85. The predicted octanol–water partition coefficient (Wildman–Crippen LogP) is 4.11. The zero-order valence-corrected chi connectivity index (χ0v) is 22.1. The van der Waals surface area contributed by atoms with E-state index < -0.39 is 22.0 Å². The van der Waals surface area contributed by atoms with E-state index in [0.717, 1.165) is 24.2 Å². The van der Waals surface area contributed by atoms with E-state index in [1.54, 1.807) is 24.3 Å². The van der Waals surface area contributed by atoms with Crippen molar-refractivity contribution < 1.29 is 27.4 Å². The summed E-state index contributed by atoms with van der Waals surface area (Å²) in [5.74, 6) is 1.19. The first kappa shape index (κ1) is 26.3. The third-order valence-electron chi connectivity index (χ3n) is 6.06. The van der Waals surface area contributed by atoms with E-state index in [2.05, 4.69) is 12.2 Å². The molecule has 1 N–H and O–H groups in total. The number of nitrogens with one attached hydrogen (secondary N) is 1. The highest BCUT2D eigenvalue weighted by Gasteiger charge is 2.37. The first-order valence-electron chi connectivity index (χ1n) is 12.3. The molecule has 0 fully saturated rings. The van der Waals surface area contributed by atoms with Crippen molar-refractivity contribution in [2.75, 3.05) is 31.1 Å². The van der Waals surface area contributed by atoms with Crippen LogP contribution in [0.5, 0.6) is 17.2 Å². The molecule has 9 heteroatoms. The molecule has 0 unspecified atom stereocenters. The summed E-state index contributed by atoms with van der Waals surface area (Å²) in [6.45, 7) is 4.37. The highest BCUT2D eigenvalue weighted by molar-refractivity contribution is 7.92. The van der Waals surface area contributed by atoms with E-state index in [1.165, 1.54) is 29.1 Å². The summed E-state index contributed by atoms with van der Waals surface area (Å²) < 4.78 is 45.2. The Kier molecular flexibility index (Phi) is 8.23. The molecule has 1 amide bonds. The quantitative estimate of drug-likeness (QED) is 0.401. The molecule has 1 aliphatic heterocycles. The highest BCUT2D eigenvalue weighted by Crippen LogP contribution is 2.38. The largest absolute Gasteiger partial charge is 0.497 e. The number of carbonyl (C=O) groups excluding carboxylic acids is 1. The van der Waals surface area contributed by atoms with Crippen LogP contribution >= 0.6 is 0 Å². The van der Waals surface area contributed by atoms with Gasteiger partial charge in [-0.05, 0) is 73.0 Å². The Morgan fingerprint density at radius 3 is 2.43 bits per heavy atom. The van der Waals surface area contributed by atoms with E-state index in [1.807, 2.05) is 37.3 Å². The fourth-order valence-electron chi connectivity index (χ4n) is 4.10. The van der Waals surface area contributed by atoms with Crippen molar-refractivity contribution in [3.63, 3.8) is 0 Å². The van der Waals surface area contributed by atoms with Gasteiger partial charge >= 0.3 is 0 Å². The second-order valence-electron chi connectivity index (χ2n) is 8.82. The Balaban J connectivity index is 1.44. The minimum atomic E-state index is -3.96. The fraction of sp³-hybridized carbons (Fsp3) is 0.321. The smallest absolute Gasteiger partial charge is 0.264 e. The number of rotatable bonds is 10. The van der Waals surface area contributed by atoms with Gasteiger partial charge in [-0.15, -0.1) is 0 Å². The van der Waals surface area contributed by atoms with Gasteiger partial charge < -0.3 is 19.5 Å². The molecule has 0 saturated carbocycles. The summed E-state index contributed by atoms with van der Waals surface area (Å²) in [4.78, 5) is 13.1. The van der Waals surface area contributed by atoms with Crippen LogP contribution in [-0.4, -0.2) is 47.2 Å². The summed E-state index contributed by atoms with van der Waals surface area (Å²) in [7, 11) is -2.44. The van der Waals surface area contributed by atoms with Gasteiger partial charge in [-0.25, -0.2) is 8.42 Å². The number of hydrogen-bond acceptors (Lipinski definition) is 6. The molecule has 3 aromatic rings. The van der Waals surface area contributed by atoms with Crippen LogP contribution in [0, 0.1) is 6.92 Å². The van der Waals surface area contributed by atoms with Crippen molar-refractivity contribution >= 4 is 21.6 Å². The Morgan fingerprint density at radius 1 is 1.05 bits per heavy atom. The topological polar surface area (TPSA) is 94.2 Å². The Labute approximate surface area is 218 Å². The van der Waals surface area contributed by atoms with Gasteiger partial charge in [0.15, 0.2) is 6.10 Å². The van der Waals surface area contributed by atoms with Crippen LogP contribution in [0.4, 0.5) is 5.69 Å². The van der Waals surface area contributed by atoms with Gasteiger partial charge in [0.1, 0.15) is 23.9 Å². The van der Waals surface area contributed by atoms with E-state index in [-0.39, 0.29) is 24.6 Å². The van der Waals surface area contributed by atoms with Crippen molar-refractivity contribution in [2.24, 2.45) is 0 Å². The van der Waals surface area contributed by atoms with Gasteiger partial charge in [-0.1, -0.05) is 31.5 Å². The number of benzene rings is 3. The molecule has 4 rings (SSSR count). The number of aryl methyl sites for hydroxylation is 2. The van der Waals surface area contributed by atoms with Crippen molar-refractivity contribution in [2.45, 2.75) is 37.7 Å². The molecule has 0 aliphatic carbocycles. The molecule has 1 heterocycles. The van der Waals surface area contributed by atoms with E-state index in [4.69, 9.17) is 14.2 Å². The molecule has 0 radical (unpaired) electrons. The summed E-state index contributed by atoms with van der Waals surface area (Å²) in [5.41, 5.74) is 2.53. The van der Waals surface area contributed by atoms with Gasteiger partial charge in [0.05, 0.1) is 30.8 Å². The van der Waals surface area contributed by atoms with Crippen LogP contribution < -0.4 is 23.8 Å². The standard InChI is InChI=1S/C28H32N2O6S/c1-4-5-21-7-9-23(10-8-21)35-17-16-29-28(31)27-19-30(25-18-20(2)6-15-26(25)36-27)37(32,33)24-13-11-22(34-3)12-14-24/h6-15,18,27H,4-5,16-17,19H2,1-3H3,(H,29,31)/t27-/m1/s1. The molecule has 37 heavy (non-hydrogen) atoms. The Bertz CT molecular complexity index is 1320. The lowest BCUT2D eigenvalue weighted by molar-refractivity contribution is -0.127. The molecule has 1 atom stereocenters. The molecule has 3 aromatic carbocycles. The van der Waals surface area contributed by atoms with Crippen molar-refractivity contribution in [3.05, 3.63) is 77.9 Å². The molecule has 196 valence electrons. The van der Waals surface area contributed by atoms with Crippen LogP contribution in [0.2, 0.25) is 0 Å². The van der Waals surface area contributed by atoms with Gasteiger partial charge in [-0.2, -0.15) is 0 Å². The first-order chi connectivity index (χ1) is 17.8. The zero-order valence-electron chi connectivity index (χ0n) is 21.3. The van der Waals surface area contributed by atoms with Gasteiger partial charge in [0, 0.05) is 0 Å². The summed E-state index contributed by atoms with van der Waals surface area (Å²) in [5, 5.41) is 2.80. The molecular formula is C28H32N2O6S. The average molecular weight is 525 g/mol. The Hall–Kier alpha value is -3.72. The minimum Gasteiger partial charge on any atom is -0.497 e. The van der Waals surface area contributed by atoms with Crippen LogP contribution in [0.15, 0.2) is 71.6 Å². The summed E-state index contributed by atoms with van der Waals surface area (Å²) in [6.07, 6.45) is 1.08. The van der Waals surface area contributed by atoms with Crippen LogP contribution in [0.1, 0.15) is 24.5 Å². The lowest BCUT2D eigenvalue weighted by Crippen LogP contribution is -2.51. The number of hydrogen-bond donors (Lipinski definition) is 1. The maximum atomic E-state index is 13.6. The van der Waals surface area contributed by atoms with Crippen LogP contribution in [0.25, 0.3) is 0 Å². The van der Waals surface area contributed by atoms with Crippen LogP contribution in [-0.2, 0) is 21.2 Å². The van der Waals surface area contributed by atoms with Gasteiger partial charge in [0.2, 0.25) is 0 Å². The number of nitrogens with zero attached hydrogens (tertiary/aromatic N) is 1. The molecular weight excluding hydrogens is 492 g/mol. The molecule has 0 bridgehead atoms. The highest BCUT2D eigenvalue weighted by atomic mass is 32.2. The first-order valence-corrected chi connectivity index (χ1v) is 13.7. The molecule has 8 nitrogen and oxygen atoms in total. The van der Waals surface area contributed by atoms with Crippen LogP contribution in [0.3, 0.4) is 0 Å². The molecule has 1 aliphatic rings. The lowest BCUT2D eigenvalue weighted by Gasteiger charge is -2.35. The number of methoxy groups -OCH3 is 1. The van der Waals surface area contributed by atoms with E-state index >= 15 is 0 Å². The number of sulfonamides is 1. The number of ether oxygens (including phenoxy) is 3. The lowest BCUT2D eigenvalue weighted by atomic mass is 10.1. The molecule has 0 aromatic heterocycles. The fourth-order valence-corrected chi connectivity index (χ4v) is 5.57. The second-order valence-corrected chi connectivity index (χ2v) is 10.7. The van der Waals surface area contributed by atoms with Crippen molar-refractivity contribution in [1.29, 1.82) is 0 Å². The second kappa shape index (κ2) is 11.6. The minimum absolute atomic E-state index is 0.0974. The summed E-state index contributed by atoms with van der Waals surface area (Å²) in [6, 6.07) is 19.3. The molecule has 0 spiro atoms. The van der Waals surface area contributed by atoms with E-state index in [0.29, 0.717) is 17.2 Å². The normalized spacial score (nSPS) is 14.9.